The van der Waals surface area contributed by atoms with Gasteiger partial charge < -0.3 is 24.9 Å². The summed E-state index contributed by atoms with van der Waals surface area (Å²) in [5, 5.41) is 4.17. The van der Waals surface area contributed by atoms with Crippen LogP contribution in [0.1, 0.15) is 13.8 Å². The first-order valence-electron chi connectivity index (χ1n) is 12.0. The molecule has 0 spiro atoms. The standard InChI is InChI=1S/C24H29Cl2N7O3S/c1-16-14-32(10-11-33(16)24(36)27-19-5-3-4-18(25)12-19)21-13-20(26)28-23(29-21)37-15-22(35)31-8-6-30(7-9-31)17(2)34/h3-5,12-13,16H,6-11,14-15H2,1-2H3,(H,27,36). The minimum Gasteiger partial charge on any atom is -0.353 e. The number of nitrogens with zero attached hydrogens (tertiary/aromatic N) is 6. The lowest BCUT2D eigenvalue weighted by molar-refractivity contribution is -0.136. The normalized spacial score (nSPS) is 18.1. The maximum Gasteiger partial charge on any atom is 0.322 e. The number of thioether (sulfide) groups is 1. The minimum atomic E-state index is -0.186. The van der Waals surface area contributed by atoms with E-state index < -0.39 is 0 Å². The number of halogens is 2. The summed E-state index contributed by atoms with van der Waals surface area (Å²) in [6.45, 7) is 7.30. The van der Waals surface area contributed by atoms with Gasteiger partial charge in [-0.2, -0.15) is 0 Å². The molecule has 2 aliphatic heterocycles. The van der Waals surface area contributed by atoms with Crippen LogP contribution in [-0.2, 0) is 9.59 Å². The third-order valence-electron chi connectivity index (χ3n) is 6.35. The number of aromatic nitrogens is 2. The van der Waals surface area contributed by atoms with Crippen molar-refractivity contribution in [3.05, 3.63) is 40.5 Å². The van der Waals surface area contributed by atoms with Gasteiger partial charge in [-0.1, -0.05) is 41.0 Å². The molecule has 4 rings (SSSR count). The lowest BCUT2D eigenvalue weighted by Crippen LogP contribution is -2.55. The zero-order valence-electron chi connectivity index (χ0n) is 20.7. The van der Waals surface area contributed by atoms with Crippen LogP contribution >= 0.6 is 35.0 Å². The SMILES string of the molecule is CC(=O)N1CCN(C(=O)CSc2nc(Cl)cc(N3CCN(C(=O)Nc4cccc(Cl)c4)C(C)C3)n2)CC1. The summed E-state index contributed by atoms with van der Waals surface area (Å²) in [4.78, 5) is 53.2. The van der Waals surface area contributed by atoms with Crippen molar-refractivity contribution < 1.29 is 14.4 Å². The van der Waals surface area contributed by atoms with E-state index in [2.05, 4.69) is 20.2 Å². The van der Waals surface area contributed by atoms with Crippen LogP contribution in [0.4, 0.5) is 16.3 Å². The molecule has 2 saturated heterocycles. The molecule has 198 valence electrons. The van der Waals surface area contributed by atoms with Crippen LogP contribution in [0, 0.1) is 0 Å². The first-order valence-corrected chi connectivity index (χ1v) is 13.7. The van der Waals surface area contributed by atoms with E-state index in [0.29, 0.717) is 72.7 Å². The Labute approximate surface area is 230 Å². The molecule has 2 fully saturated rings. The van der Waals surface area contributed by atoms with E-state index in [-0.39, 0.29) is 29.6 Å². The van der Waals surface area contributed by atoms with Crippen molar-refractivity contribution in [3.8, 4) is 0 Å². The molecule has 13 heteroatoms. The molecule has 0 saturated carbocycles. The van der Waals surface area contributed by atoms with Gasteiger partial charge in [-0.05, 0) is 25.1 Å². The van der Waals surface area contributed by atoms with Gasteiger partial charge in [-0.3, -0.25) is 9.59 Å². The molecule has 10 nitrogen and oxygen atoms in total. The fourth-order valence-electron chi connectivity index (χ4n) is 4.33. The van der Waals surface area contributed by atoms with Gasteiger partial charge in [0.25, 0.3) is 0 Å². The maximum atomic E-state index is 12.8. The Morgan fingerprint density at radius 2 is 1.76 bits per heavy atom. The van der Waals surface area contributed by atoms with Crippen LogP contribution in [-0.4, -0.2) is 100 Å². The fourth-order valence-corrected chi connectivity index (χ4v) is 5.50. The van der Waals surface area contributed by atoms with Crippen molar-refractivity contribution in [1.82, 2.24) is 24.7 Å². The van der Waals surface area contributed by atoms with Crippen LogP contribution < -0.4 is 10.2 Å². The number of benzene rings is 1. The van der Waals surface area contributed by atoms with E-state index in [1.165, 1.54) is 18.7 Å². The lowest BCUT2D eigenvalue weighted by atomic mass is 10.2. The monoisotopic (exact) mass is 565 g/mol. The van der Waals surface area contributed by atoms with Crippen LogP contribution in [0.2, 0.25) is 10.2 Å². The summed E-state index contributed by atoms with van der Waals surface area (Å²) in [7, 11) is 0. The van der Waals surface area contributed by atoms with Gasteiger partial charge in [-0.15, -0.1) is 0 Å². The smallest absolute Gasteiger partial charge is 0.322 e. The number of piperazine rings is 2. The topological polar surface area (TPSA) is 102 Å². The molecule has 1 aromatic heterocycles. The van der Waals surface area contributed by atoms with Gasteiger partial charge in [0.05, 0.1) is 5.75 Å². The average Bonchev–Trinajstić information content (AvgIpc) is 2.87. The number of carbonyl (C=O) groups excluding carboxylic acids is 3. The van der Waals surface area contributed by atoms with Crippen LogP contribution in [0.3, 0.4) is 0 Å². The zero-order valence-corrected chi connectivity index (χ0v) is 23.0. The van der Waals surface area contributed by atoms with E-state index in [0.717, 1.165) is 0 Å². The van der Waals surface area contributed by atoms with E-state index in [1.54, 1.807) is 45.0 Å². The Morgan fingerprint density at radius 3 is 2.43 bits per heavy atom. The van der Waals surface area contributed by atoms with Crippen molar-refractivity contribution in [2.75, 3.05) is 61.8 Å². The second-order valence-corrected chi connectivity index (χ2v) is 10.7. The predicted octanol–water partition coefficient (Wildman–Crippen LogP) is 3.31. The highest BCUT2D eigenvalue weighted by molar-refractivity contribution is 7.99. The first kappa shape index (κ1) is 27.3. The molecule has 0 aliphatic carbocycles. The van der Waals surface area contributed by atoms with Gasteiger partial charge in [0, 0.05) is 75.6 Å². The summed E-state index contributed by atoms with van der Waals surface area (Å²) < 4.78 is 0. The molecule has 1 atom stereocenters. The molecule has 0 bridgehead atoms. The number of nitrogens with one attached hydrogen (secondary N) is 1. The van der Waals surface area contributed by atoms with Gasteiger partial charge in [0.2, 0.25) is 11.8 Å². The Morgan fingerprint density at radius 1 is 1.03 bits per heavy atom. The molecule has 1 unspecified atom stereocenters. The number of hydrogen-bond acceptors (Lipinski definition) is 7. The molecule has 2 aliphatic rings. The predicted molar refractivity (Wildman–Crippen MR) is 145 cm³/mol. The first-order chi connectivity index (χ1) is 17.7. The number of amides is 4. The number of urea groups is 1. The zero-order chi connectivity index (χ0) is 26.5. The van der Waals surface area contributed by atoms with Gasteiger partial charge >= 0.3 is 6.03 Å². The number of rotatable bonds is 5. The summed E-state index contributed by atoms with van der Waals surface area (Å²) in [5.74, 6) is 0.851. The van der Waals surface area contributed by atoms with Gasteiger partial charge in [-0.25, -0.2) is 14.8 Å². The summed E-state index contributed by atoms with van der Waals surface area (Å²) >= 11 is 13.5. The maximum absolute atomic E-state index is 12.8. The Balaban J connectivity index is 1.32. The summed E-state index contributed by atoms with van der Waals surface area (Å²) in [6, 6.07) is 8.48. The fraction of sp³-hybridized carbons (Fsp3) is 0.458. The van der Waals surface area contributed by atoms with Crippen molar-refractivity contribution in [2.45, 2.75) is 25.0 Å². The third kappa shape index (κ3) is 7.18. The van der Waals surface area contributed by atoms with Gasteiger partial charge in [0.15, 0.2) is 5.16 Å². The number of hydrogen-bond donors (Lipinski definition) is 1. The summed E-state index contributed by atoms with van der Waals surface area (Å²) in [6.07, 6.45) is 0. The lowest BCUT2D eigenvalue weighted by Gasteiger charge is -2.40. The molecule has 2 aromatic rings. The van der Waals surface area contributed by atoms with Crippen LogP contribution in [0.25, 0.3) is 0 Å². The number of anilines is 2. The molecule has 4 amide bonds. The Bertz CT molecular complexity index is 1160. The average molecular weight is 567 g/mol. The quantitative estimate of drug-likeness (QED) is 0.337. The third-order valence-corrected chi connectivity index (χ3v) is 7.61. The van der Waals surface area contributed by atoms with E-state index in [9.17, 15) is 14.4 Å². The van der Waals surface area contributed by atoms with Crippen LogP contribution in [0.5, 0.6) is 0 Å². The molecule has 0 radical (unpaired) electrons. The molecule has 1 N–H and O–H groups in total. The Hall–Kier alpha value is -2.76. The highest BCUT2D eigenvalue weighted by Crippen LogP contribution is 2.25. The van der Waals surface area contributed by atoms with E-state index in [1.807, 2.05) is 6.92 Å². The highest BCUT2D eigenvalue weighted by atomic mass is 35.5. The minimum absolute atomic E-state index is 0.0220. The van der Waals surface area contributed by atoms with Crippen molar-refractivity contribution in [3.63, 3.8) is 0 Å². The van der Waals surface area contributed by atoms with Gasteiger partial charge in [0.1, 0.15) is 11.0 Å². The largest absolute Gasteiger partial charge is 0.353 e. The number of carbonyl (C=O) groups is 3. The Kier molecular flexibility index (Phi) is 8.99. The van der Waals surface area contributed by atoms with E-state index in [4.69, 9.17) is 23.2 Å². The highest BCUT2D eigenvalue weighted by Gasteiger charge is 2.29. The van der Waals surface area contributed by atoms with Crippen molar-refractivity contribution in [1.29, 1.82) is 0 Å². The summed E-state index contributed by atoms with van der Waals surface area (Å²) in [5.41, 5.74) is 0.645. The molecular formula is C24H29Cl2N7O3S. The molecule has 3 heterocycles. The van der Waals surface area contributed by atoms with E-state index >= 15 is 0 Å². The van der Waals surface area contributed by atoms with Crippen LogP contribution in [0.15, 0.2) is 35.5 Å². The molecule has 37 heavy (non-hydrogen) atoms. The molecular weight excluding hydrogens is 537 g/mol. The second-order valence-electron chi connectivity index (χ2n) is 8.94. The van der Waals surface area contributed by atoms with Crippen molar-refractivity contribution in [2.24, 2.45) is 0 Å². The second kappa shape index (κ2) is 12.2. The molecule has 1 aromatic carbocycles. The van der Waals surface area contributed by atoms with Crippen molar-refractivity contribution >= 4 is 64.3 Å².